The maximum absolute atomic E-state index is 13.2. The second-order valence-electron chi connectivity index (χ2n) is 6.98. The number of barbiturate groups is 1. The number of urea groups is 1. The molecule has 0 saturated carbocycles. The third kappa shape index (κ3) is 4.02. The van der Waals surface area contributed by atoms with Crippen molar-refractivity contribution in [2.24, 2.45) is 0 Å². The summed E-state index contributed by atoms with van der Waals surface area (Å²) in [5.74, 6) is -0.937. The van der Waals surface area contributed by atoms with Gasteiger partial charge in [0.2, 0.25) is 0 Å². The Morgan fingerprint density at radius 1 is 1.03 bits per heavy atom. The predicted molar refractivity (Wildman–Crippen MR) is 120 cm³/mol. The number of anilines is 1. The zero-order chi connectivity index (χ0) is 22.0. The van der Waals surface area contributed by atoms with Gasteiger partial charge in [-0.3, -0.25) is 14.9 Å². The van der Waals surface area contributed by atoms with Crippen LogP contribution in [0.25, 0.3) is 16.8 Å². The summed E-state index contributed by atoms with van der Waals surface area (Å²) in [7, 11) is 0. The van der Waals surface area contributed by atoms with Crippen LogP contribution in [0.5, 0.6) is 5.75 Å². The Bertz CT molecular complexity index is 1240. The molecule has 6 nitrogen and oxygen atoms in total. The largest absolute Gasteiger partial charge is 0.493 e. The van der Waals surface area contributed by atoms with Crippen LogP contribution in [0.4, 0.5) is 10.5 Å². The van der Waals surface area contributed by atoms with E-state index in [1.165, 1.54) is 12.1 Å². The molecule has 4 rings (SSSR count). The third-order valence-corrected chi connectivity index (χ3v) is 5.08. The molecule has 1 heterocycles. The summed E-state index contributed by atoms with van der Waals surface area (Å²) in [5.41, 5.74) is 0.705. The van der Waals surface area contributed by atoms with E-state index >= 15 is 0 Å². The highest BCUT2D eigenvalue weighted by molar-refractivity contribution is 6.39. The molecule has 0 aromatic heterocycles. The second-order valence-corrected chi connectivity index (χ2v) is 7.42. The molecule has 0 aliphatic carbocycles. The number of hydrogen-bond acceptors (Lipinski definition) is 4. The Balaban J connectivity index is 1.85. The van der Waals surface area contributed by atoms with Crippen LogP contribution in [0.1, 0.15) is 18.9 Å². The van der Waals surface area contributed by atoms with Crippen LogP contribution in [-0.2, 0) is 9.59 Å². The van der Waals surface area contributed by atoms with E-state index in [1.54, 1.807) is 18.2 Å². The number of fused-ring (bicyclic) bond motifs is 1. The van der Waals surface area contributed by atoms with Crippen molar-refractivity contribution in [3.05, 3.63) is 76.8 Å². The molecule has 3 aromatic carbocycles. The summed E-state index contributed by atoms with van der Waals surface area (Å²) in [6.07, 6.45) is 2.29. The maximum atomic E-state index is 13.2. The fourth-order valence-corrected chi connectivity index (χ4v) is 3.60. The first-order valence-corrected chi connectivity index (χ1v) is 10.2. The fourth-order valence-electron chi connectivity index (χ4n) is 3.41. The molecule has 0 radical (unpaired) electrons. The third-order valence-electron chi connectivity index (χ3n) is 4.85. The summed E-state index contributed by atoms with van der Waals surface area (Å²) in [6.45, 7) is 2.48. The molecule has 4 amide bonds. The van der Waals surface area contributed by atoms with Crippen LogP contribution >= 0.6 is 11.6 Å². The number of imide groups is 2. The number of ether oxygens (including phenoxy) is 1. The van der Waals surface area contributed by atoms with E-state index in [2.05, 4.69) is 5.32 Å². The van der Waals surface area contributed by atoms with Crippen molar-refractivity contribution < 1.29 is 19.1 Å². The van der Waals surface area contributed by atoms with Crippen LogP contribution in [-0.4, -0.2) is 24.5 Å². The highest BCUT2D eigenvalue weighted by Gasteiger charge is 2.37. The lowest BCUT2D eigenvalue weighted by atomic mass is 9.99. The van der Waals surface area contributed by atoms with Crippen molar-refractivity contribution in [2.75, 3.05) is 11.5 Å². The van der Waals surface area contributed by atoms with Gasteiger partial charge in [-0.15, -0.1) is 0 Å². The number of carbonyl (C=O) groups is 3. The van der Waals surface area contributed by atoms with E-state index in [9.17, 15) is 14.4 Å². The molecule has 1 aliphatic rings. The maximum Gasteiger partial charge on any atom is 0.335 e. The summed E-state index contributed by atoms with van der Waals surface area (Å²) in [6, 6.07) is 16.8. The van der Waals surface area contributed by atoms with Crippen molar-refractivity contribution in [3.8, 4) is 5.75 Å². The molecular formula is C24H19ClN2O4. The second kappa shape index (κ2) is 8.62. The van der Waals surface area contributed by atoms with Crippen LogP contribution in [0.15, 0.2) is 66.2 Å². The molecular weight excluding hydrogens is 416 g/mol. The molecule has 31 heavy (non-hydrogen) atoms. The Morgan fingerprint density at radius 3 is 2.61 bits per heavy atom. The van der Waals surface area contributed by atoms with E-state index in [1.807, 2.05) is 43.3 Å². The van der Waals surface area contributed by atoms with Gasteiger partial charge in [0, 0.05) is 10.6 Å². The number of rotatable bonds is 5. The van der Waals surface area contributed by atoms with E-state index in [0.717, 1.165) is 22.1 Å². The molecule has 0 atom stereocenters. The van der Waals surface area contributed by atoms with Crippen LogP contribution in [0.3, 0.4) is 0 Å². The van der Waals surface area contributed by atoms with Gasteiger partial charge in [0.25, 0.3) is 11.8 Å². The SMILES string of the molecule is CCCOc1ccc2ccccc2c1/C=C1\C(=O)NC(=O)N(c2cccc(Cl)c2)C1=O. The number of hydrogen-bond donors (Lipinski definition) is 1. The van der Waals surface area contributed by atoms with E-state index < -0.39 is 17.8 Å². The average Bonchev–Trinajstić information content (AvgIpc) is 2.75. The summed E-state index contributed by atoms with van der Waals surface area (Å²) < 4.78 is 5.87. The topological polar surface area (TPSA) is 75.7 Å². The Labute approximate surface area is 184 Å². The van der Waals surface area contributed by atoms with Crippen molar-refractivity contribution in [2.45, 2.75) is 13.3 Å². The Morgan fingerprint density at radius 2 is 1.84 bits per heavy atom. The van der Waals surface area contributed by atoms with Gasteiger partial charge in [-0.2, -0.15) is 0 Å². The minimum Gasteiger partial charge on any atom is -0.493 e. The zero-order valence-corrected chi connectivity index (χ0v) is 17.5. The quantitative estimate of drug-likeness (QED) is 0.455. The number of carbonyl (C=O) groups excluding carboxylic acids is 3. The fraction of sp³-hybridized carbons (Fsp3) is 0.125. The standard InChI is InChI=1S/C24H19ClN2O4/c1-2-12-31-21-11-10-15-6-3-4-9-18(15)19(21)14-20-22(28)26-24(30)27(23(20)29)17-8-5-7-16(25)13-17/h3-11,13-14H,2,12H2,1H3,(H,26,28,30)/b20-14+. The first-order chi connectivity index (χ1) is 15.0. The lowest BCUT2D eigenvalue weighted by Gasteiger charge is -2.26. The minimum absolute atomic E-state index is 0.169. The molecule has 1 aliphatic heterocycles. The number of nitrogens with zero attached hydrogens (tertiary/aromatic N) is 1. The van der Waals surface area contributed by atoms with Gasteiger partial charge in [0.1, 0.15) is 11.3 Å². The monoisotopic (exact) mass is 434 g/mol. The van der Waals surface area contributed by atoms with E-state index in [4.69, 9.17) is 16.3 Å². The zero-order valence-electron chi connectivity index (χ0n) is 16.7. The predicted octanol–water partition coefficient (Wildman–Crippen LogP) is 4.95. The smallest absolute Gasteiger partial charge is 0.335 e. The summed E-state index contributed by atoms with van der Waals surface area (Å²) in [5, 5.41) is 4.36. The molecule has 1 N–H and O–H groups in total. The number of nitrogens with one attached hydrogen (secondary N) is 1. The highest BCUT2D eigenvalue weighted by Crippen LogP contribution is 2.32. The first-order valence-electron chi connectivity index (χ1n) is 9.81. The molecule has 3 aromatic rings. The van der Waals surface area contributed by atoms with Gasteiger partial charge in [0.15, 0.2) is 0 Å². The summed E-state index contributed by atoms with van der Waals surface area (Å²) in [4.78, 5) is 39.1. The lowest BCUT2D eigenvalue weighted by molar-refractivity contribution is -0.122. The average molecular weight is 435 g/mol. The minimum atomic E-state index is -0.824. The molecule has 0 unspecified atom stereocenters. The van der Waals surface area contributed by atoms with Gasteiger partial charge in [-0.1, -0.05) is 54.9 Å². The van der Waals surface area contributed by atoms with E-state index in [-0.39, 0.29) is 11.3 Å². The Kier molecular flexibility index (Phi) is 5.73. The van der Waals surface area contributed by atoms with Crippen LogP contribution in [0, 0.1) is 0 Å². The first kappa shape index (κ1) is 20.6. The van der Waals surface area contributed by atoms with Crippen LogP contribution in [0.2, 0.25) is 5.02 Å². The van der Waals surface area contributed by atoms with Crippen molar-refractivity contribution in [1.29, 1.82) is 0 Å². The van der Waals surface area contributed by atoms with Crippen LogP contribution < -0.4 is 15.0 Å². The van der Waals surface area contributed by atoms with E-state index in [0.29, 0.717) is 22.9 Å². The van der Waals surface area contributed by atoms with Crippen molar-refractivity contribution in [1.82, 2.24) is 5.32 Å². The molecule has 0 spiro atoms. The van der Waals surface area contributed by atoms with Crippen molar-refractivity contribution in [3.63, 3.8) is 0 Å². The molecule has 0 bridgehead atoms. The highest BCUT2D eigenvalue weighted by atomic mass is 35.5. The normalized spacial score (nSPS) is 15.5. The van der Waals surface area contributed by atoms with Crippen molar-refractivity contribution >= 4 is 52.0 Å². The lowest BCUT2D eigenvalue weighted by Crippen LogP contribution is -2.54. The number of amides is 4. The molecule has 156 valence electrons. The van der Waals surface area contributed by atoms with Gasteiger partial charge in [-0.05, 0) is 47.5 Å². The Hall–Kier alpha value is -3.64. The molecule has 1 fully saturated rings. The number of benzene rings is 3. The van der Waals surface area contributed by atoms with Gasteiger partial charge >= 0.3 is 6.03 Å². The molecule has 1 saturated heterocycles. The summed E-state index contributed by atoms with van der Waals surface area (Å²) >= 11 is 6.02. The van der Waals surface area contributed by atoms with Gasteiger partial charge < -0.3 is 4.74 Å². The molecule has 7 heteroatoms. The van der Waals surface area contributed by atoms with Gasteiger partial charge in [0.05, 0.1) is 12.3 Å². The van der Waals surface area contributed by atoms with Gasteiger partial charge in [-0.25, -0.2) is 9.69 Å². The number of halogens is 1.